The second-order valence-electron chi connectivity index (χ2n) is 6.89. The van der Waals surface area contributed by atoms with Gasteiger partial charge in [-0.25, -0.2) is 4.98 Å². The minimum Gasteiger partial charge on any atom is -0.332 e. The third-order valence-corrected chi connectivity index (χ3v) is 5.22. The highest BCUT2D eigenvalue weighted by Gasteiger charge is 2.05. The minimum atomic E-state index is -0.250. The first kappa shape index (κ1) is 34.8. The standard InChI is InChI=1S/C22H27N3S.C2H5F.2C2H6.CH3F.H2/c1-2-3-4-5-6-7-10-18-11-8-13-20(15-18)24-22-25-21(17-26-22)19-12-9-14-23-16-19;1-2-3;3*1-2;/h8-9,11-17H,2-7,10H2,1H3,(H,24,25);2H2,1H3;2*1-2H3;1H3;1H. The van der Waals surface area contributed by atoms with Crippen LogP contribution in [0.2, 0.25) is 0 Å². The van der Waals surface area contributed by atoms with E-state index in [2.05, 4.69) is 51.9 Å². The molecule has 1 N–H and O–H groups in total. The molecule has 0 aliphatic rings. The van der Waals surface area contributed by atoms with Gasteiger partial charge in [0.15, 0.2) is 5.13 Å². The number of hydrogen-bond donors (Lipinski definition) is 1. The van der Waals surface area contributed by atoms with Crippen molar-refractivity contribution in [2.45, 2.75) is 86.5 Å². The van der Waals surface area contributed by atoms with Gasteiger partial charge in [0.25, 0.3) is 0 Å². The molecule has 0 unspecified atom stereocenters. The van der Waals surface area contributed by atoms with Crippen molar-refractivity contribution in [1.29, 1.82) is 0 Å². The molecule has 0 aliphatic heterocycles. The average molecular weight is 510 g/mol. The van der Waals surface area contributed by atoms with Gasteiger partial charge in [-0.3, -0.25) is 13.8 Å². The zero-order chi connectivity index (χ0) is 26.7. The largest absolute Gasteiger partial charge is 0.332 e. The molecule has 0 atom stereocenters. The van der Waals surface area contributed by atoms with Gasteiger partial charge in [0.1, 0.15) is 0 Å². The molecule has 0 radical (unpaired) electrons. The first-order valence-electron chi connectivity index (χ1n) is 12.9. The van der Waals surface area contributed by atoms with Crippen LogP contribution >= 0.6 is 11.3 Å². The fraction of sp³-hybridized carbons (Fsp3) is 0.517. The summed E-state index contributed by atoms with van der Waals surface area (Å²) < 4.78 is 19.8. The fourth-order valence-corrected chi connectivity index (χ4v) is 3.76. The van der Waals surface area contributed by atoms with E-state index in [-0.39, 0.29) is 8.10 Å². The summed E-state index contributed by atoms with van der Waals surface area (Å²) in [7, 11) is 0.500. The molecule has 6 heteroatoms. The number of halogens is 2. The van der Waals surface area contributed by atoms with Crippen molar-refractivity contribution >= 4 is 22.2 Å². The van der Waals surface area contributed by atoms with Crippen LogP contribution in [0, 0.1) is 0 Å². The monoisotopic (exact) mass is 509 g/mol. The van der Waals surface area contributed by atoms with Crippen LogP contribution < -0.4 is 5.32 Å². The van der Waals surface area contributed by atoms with Crippen molar-refractivity contribution in [3.05, 3.63) is 59.7 Å². The van der Waals surface area contributed by atoms with E-state index in [1.807, 2.05) is 46.0 Å². The lowest BCUT2D eigenvalue weighted by Crippen LogP contribution is -1.92. The molecular weight excluding hydrogens is 460 g/mol. The summed E-state index contributed by atoms with van der Waals surface area (Å²) in [5.74, 6) is 0. The SMILES string of the molecule is CC.CC.CCCCCCCCc1cccc(Nc2nc(-c3cccnc3)cs2)c1.CCF.CF.[HH]. The van der Waals surface area contributed by atoms with Gasteiger partial charge in [-0.2, -0.15) is 0 Å². The van der Waals surface area contributed by atoms with E-state index < -0.39 is 0 Å². The van der Waals surface area contributed by atoms with Crippen molar-refractivity contribution in [2.24, 2.45) is 0 Å². The van der Waals surface area contributed by atoms with Crippen molar-refractivity contribution in [2.75, 3.05) is 19.2 Å². The predicted octanol–water partition coefficient (Wildman–Crippen LogP) is 10.7. The molecule has 0 amide bonds. The molecule has 0 saturated heterocycles. The fourth-order valence-electron chi connectivity index (χ4n) is 3.02. The highest BCUT2D eigenvalue weighted by Crippen LogP contribution is 2.27. The van der Waals surface area contributed by atoms with Crippen LogP contribution in [0.25, 0.3) is 11.3 Å². The lowest BCUT2D eigenvalue weighted by Gasteiger charge is -2.06. The maximum atomic E-state index is 10.3. The molecule has 200 valence electrons. The molecule has 3 rings (SSSR count). The maximum absolute atomic E-state index is 10.3. The highest BCUT2D eigenvalue weighted by atomic mass is 32.1. The van der Waals surface area contributed by atoms with Gasteiger partial charge in [0, 0.05) is 30.5 Å². The Labute approximate surface area is 218 Å². The smallest absolute Gasteiger partial charge is 0.187 e. The number of aryl methyl sites for hydroxylation is 1. The van der Waals surface area contributed by atoms with E-state index in [0.717, 1.165) is 28.5 Å². The third-order valence-electron chi connectivity index (χ3n) is 4.46. The Balaban J connectivity index is -0.000000973. The summed E-state index contributed by atoms with van der Waals surface area (Å²) in [4.78, 5) is 8.84. The molecule has 1 aromatic carbocycles. The Morgan fingerprint density at radius 2 is 1.57 bits per heavy atom. The van der Waals surface area contributed by atoms with Crippen molar-refractivity contribution in [3.8, 4) is 11.3 Å². The number of hydrogen-bond acceptors (Lipinski definition) is 4. The number of thiazole rings is 1. The number of anilines is 2. The Kier molecular flexibility index (Phi) is 26.1. The highest BCUT2D eigenvalue weighted by molar-refractivity contribution is 7.14. The first-order chi connectivity index (χ1) is 17.3. The number of nitrogens with zero attached hydrogens (tertiary/aromatic N) is 2. The van der Waals surface area contributed by atoms with Crippen molar-refractivity contribution in [1.82, 2.24) is 9.97 Å². The number of aromatic nitrogens is 2. The van der Waals surface area contributed by atoms with Gasteiger partial charge in [0.2, 0.25) is 0 Å². The molecule has 0 aliphatic carbocycles. The number of nitrogens with one attached hydrogen (secondary N) is 1. The number of unbranched alkanes of at least 4 members (excludes halogenated alkanes) is 5. The summed E-state index contributed by atoms with van der Waals surface area (Å²) in [6.07, 6.45) is 12.8. The van der Waals surface area contributed by atoms with Gasteiger partial charge >= 0.3 is 0 Å². The molecule has 3 aromatic rings. The molecule has 0 saturated carbocycles. The van der Waals surface area contributed by atoms with E-state index in [1.54, 1.807) is 17.5 Å². The molecular formula is C29H49F2N3S. The maximum Gasteiger partial charge on any atom is 0.187 e. The van der Waals surface area contributed by atoms with Crippen LogP contribution in [0.4, 0.5) is 19.6 Å². The van der Waals surface area contributed by atoms with Crippen molar-refractivity contribution in [3.63, 3.8) is 0 Å². The minimum absolute atomic E-state index is 0. The normalized spacial score (nSPS) is 9.06. The number of alkyl halides is 2. The van der Waals surface area contributed by atoms with Gasteiger partial charge in [0.05, 0.1) is 19.5 Å². The molecule has 3 nitrogen and oxygen atoms in total. The Bertz CT molecular complexity index is 817. The number of rotatable bonds is 10. The second-order valence-corrected chi connectivity index (χ2v) is 7.75. The molecule has 2 aromatic heterocycles. The molecule has 0 spiro atoms. The quantitative estimate of drug-likeness (QED) is 0.276. The third kappa shape index (κ3) is 16.8. The van der Waals surface area contributed by atoms with Crippen LogP contribution in [0.1, 0.15) is 87.1 Å². The predicted molar refractivity (Wildman–Crippen MR) is 156 cm³/mol. The van der Waals surface area contributed by atoms with Gasteiger partial charge < -0.3 is 5.32 Å². The Morgan fingerprint density at radius 3 is 2.20 bits per heavy atom. The van der Waals surface area contributed by atoms with Gasteiger partial charge in [-0.05, 0) is 49.6 Å². The molecule has 2 heterocycles. The average Bonchev–Trinajstić information content (AvgIpc) is 3.39. The van der Waals surface area contributed by atoms with Gasteiger partial charge in [-0.1, -0.05) is 78.9 Å². The van der Waals surface area contributed by atoms with E-state index in [1.165, 1.54) is 51.0 Å². The summed E-state index contributed by atoms with van der Waals surface area (Å²) in [6, 6.07) is 12.7. The van der Waals surface area contributed by atoms with E-state index in [4.69, 9.17) is 0 Å². The van der Waals surface area contributed by atoms with Gasteiger partial charge in [-0.15, -0.1) is 11.3 Å². The molecule has 0 fully saturated rings. The van der Waals surface area contributed by atoms with E-state index in [0.29, 0.717) is 7.18 Å². The Morgan fingerprint density at radius 1 is 0.914 bits per heavy atom. The molecule has 35 heavy (non-hydrogen) atoms. The lowest BCUT2D eigenvalue weighted by molar-refractivity contribution is 0.527. The zero-order valence-electron chi connectivity index (χ0n) is 22.9. The zero-order valence-corrected chi connectivity index (χ0v) is 23.7. The summed E-state index contributed by atoms with van der Waals surface area (Å²) in [5.41, 5.74) is 4.53. The van der Waals surface area contributed by atoms with Crippen LogP contribution in [-0.4, -0.2) is 23.8 Å². The van der Waals surface area contributed by atoms with Crippen molar-refractivity contribution < 1.29 is 10.2 Å². The Hall–Kier alpha value is -2.34. The summed E-state index contributed by atoms with van der Waals surface area (Å²) in [6.45, 7) is 11.5. The topological polar surface area (TPSA) is 37.8 Å². The summed E-state index contributed by atoms with van der Waals surface area (Å²) >= 11 is 1.62. The number of pyridine rings is 1. The number of benzene rings is 1. The van der Waals surface area contributed by atoms with Crippen LogP contribution in [-0.2, 0) is 6.42 Å². The second kappa shape index (κ2) is 26.3. The van der Waals surface area contributed by atoms with Crippen LogP contribution in [0.3, 0.4) is 0 Å². The summed E-state index contributed by atoms with van der Waals surface area (Å²) in [5, 5.41) is 6.43. The van der Waals surface area contributed by atoms with Crippen LogP contribution in [0.5, 0.6) is 0 Å². The van der Waals surface area contributed by atoms with E-state index in [9.17, 15) is 8.78 Å². The van der Waals surface area contributed by atoms with Crippen LogP contribution in [0.15, 0.2) is 54.2 Å². The lowest BCUT2D eigenvalue weighted by atomic mass is 10.0. The first-order valence-corrected chi connectivity index (χ1v) is 13.8. The van der Waals surface area contributed by atoms with E-state index >= 15 is 0 Å². The molecule has 0 bridgehead atoms.